The summed E-state index contributed by atoms with van der Waals surface area (Å²) in [5.74, 6) is -0.397. The van der Waals surface area contributed by atoms with Crippen molar-refractivity contribution >= 4 is 11.8 Å². The van der Waals surface area contributed by atoms with Crippen LogP contribution in [-0.4, -0.2) is 44.6 Å². The highest BCUT2D eigenvalue weighted by molar-refractivity contribution is 5.93. The molecule has 2 fully saturated rings. The Morgan fingerprint density at radius 3 is 2.42 bits per heavy atom. The summed E-state index contributed by atoms with van der Waals surface area (Å²) in [5, 5.41) is 17.7. The third-order valence-electron chi connectivity index (χ3n) is 7.58. The molecule has 7 nitrogen and oxygen atoms in total. The highest BCUT2D eigenvalue weighted by Crippen LogP contribution is 2.55. The minimum atomic E-state index is -0.575. The van der Waals surface area contributed by atoms with Gasteiger partial charge in [-0.3, -0.25) is 9.59 Å². The number of carbonyl (C=O) groups is 2. The standard InChI is InChI=1S/C24H38N4O3/c1-14(21(30)28-23(3,4)5)17-7-9-24(6)10-8-18(15(2)19(24)20(17)29)27-22(31)16-11-25-13-26-12-16/h11-15,17-20,29H,7-10H2,1-6H3,(H,27,31)(H,28,30)/t14-,15+,17-,18-,19+,20-,24-/m0/s1. The summed E-state index contributed by atoms with van der Waals surface area (Å²) in [5.41, 5.74) is 0.165. The van der Waals surface area contributed by atoms with Crippen LogP contribution in [0.3, 0.4) is 0 Å². The van der Waals surface area contributed by atoms with E-state index in [2.05, 4.69) is 34.4 Å². The molecular formula is C24H38N4O3. The monoisotopic (exact) mass is 430 g/mol. The van der Waals surface area contributed by atoms with Gasteiger partial charge in [-0.1, -0.05) is 20.8 Å². The normalized spacial score (nSPS) is 34.4. The number of nitrogens with zero attached hydrogens (tertiary/aromatic N) is 2. The molecule has 7 heteroatoms. The van der Waals surface area contributed by atoms with Crippen LogP contribution in [-0.2, 0) is 4.79 Å². The highest BCUT2D eigenvalue weighted by Gasteiger charge is 2.54. The summed E-state index contributed by atoms with van der Waals surface area (Å²) in [6.45, 7) is 12.2. The van der Waals surface area contributed by atoms with Crippen LogP contribution < -0.4 is 10.6 Å². The molecule has 0 aliphatic heterocycles. The van der Waals surface area contributed by atoms with E-state index in [1.165, 1.54) is 18.7 Å². The zero-order valence-corrected chi connectivity index (χ0v) is 19.7. The van der Waals surface area contributed by atoms with Crippen molar-refractivity contribution in [3.8, 4) is 0 Å². The Labute approximate surface area is 185 Å². The van der Waals surface area contributed by atoms with Gasteiger partial charge in [-0.25, -0.2) is 9.97 Å². The Morgan fingerprint density at radius 2 is 1.81 bits per heavy atom. The van der Waals surface area contributed by atoms with E-state index in [1.54, 1.807) is 0 Å². The van der Waals surface area contributed by atoms with Crippen LogP contribution in [0.25, 0.3) is 0 Å². The van der Waals surface area contributed by atoms with Crippen molar-refractivity contribution in [2.75, 3.05) is 0 Å². The van der Waals surface area contributed by atoms with Crippen molar-refractivity contribution in [2.45, 2.75) is 84.9 Å². The van der Waals surface area contributed by atoms with E-state index in [4.69, 9.17) is 0 Å². The van der Waals surface area contributed by atoms with Crippen LogP contribution in [0.4, 0.5) is 0 Å². The summed E-state index contributed by atoms with van der Waals surface area (Å²) in [7, 11) is 0. The Kier molecular flexibility index (Phi) is 6.75. The zero-order valence-electron chi connectivity index (χ0n) is 19.7. The minimum absolute atomic E-state index is 0.00227. The van der Waals surface area contributed by atoms with Gasteiger partial charge in [0.2, 0.25) is 5.91 Å². The molecule has 3 N–H and O–H groups in total. The van der Waals surface area contributed by atoms with Gasteiger partial charge in [-0.2, -0.15) is 0 Å². The van der Waals surface area contributed by atoms with Gasteiger partial charge in [0, 0.05) is 29.9 Å². The Balaban J connectivity index is 1.74. The molecule has 0 aromatic carbocycles. The number of aliphatic hydroxyl groups excluding tert-OH is 1. The maximum atomic E-state index is 12.8. The summed E-state index contributed by atoms with van der Waals surface area (Å²) in [4.78, 5) is 33.3. The molecule has 3 rings (SSSR count). The second-order valence-electron chi connectivity index (χ2n) is 11.0. The predicted octanol–water partition coefficient (Wildman–Crippen LogP) is 2.95. The van der Waals surface area contributed by atoms with E-state index in [0.717, 1.165) is 25.7 Å². The lowest BCUT2D eigenvalue weighted by Gasteiger charge is -2.56. The van der Waals surface area contributed by atoms with E-state index in [9.17, 15) is 14.7 Å². The number of amides is 2. The van der Waals surface area contributed by atoms with Crippen LogP contribution in [0.5, 0.6) is 0 Å². The predicted molar refractivity (Wildman–Crippen MR) is 119 cm³/mol. The van der Waals surface area contributed by atoms with Crippen LogP contribution in [0.1, 0.15) is 77.6 Å². The van der Waals surface area contributed by atoms with Gasteiger partial charge in [0.05, 0.1) is 11.7 Å². The van der Waals surface area contributed by atoms with Gasteiger partial charge >= 0.3 is 0 Å². The molecule has 0 spiro atoms. The molecule has 0 unspecified atom stereocenters. The van der Waals surface area contributed by atoms with Crippen molar-refractivity contribution in [1.82, 2.24) is 20.6 Å². The summed E-state index contributed by atoms with van der Waals surface area (Å²) >= 11 is 0. The maximum absolute atomic E-state index is 12.8. The van der Waals surface area contributed by atoms with E-state index >= 15 is 0 Å². The first-order chi connectivity index (χ1) is 14.4. The highest BCUT2D eigenvalue weighted by atomic mass is 16.3. The number of hydrogen-bond donors (Lipinski definition) is 3. The van der Waals surface area contributed by atoms with Gasteiger partial charge in [0.1, 0.15) is 6.33 Å². The molecule has 1 heterocycles. The molecule has 7 atom stereocenters. The molecule has 2 aliphatic carbocycles. The molecule has 2 amide bonds. The smallest absolute Gasteiger partial charge is 0.254 e. The molecule has 2 aliphatic rings. The lowest BCUT2D eigenvalue weighted by molar-refractivity contribution is -0.143. The van der Waals surface area contributed by atoms with E-state index in [0.29, 0.717) is 5.56 Å². The van der Waals surface area contributed by atoms with Crippen molar-refractivity contribution in [2.24, 2.45) is 29.1 Å². The minimum Gasteiger partial charge on any atom is -0.392 e. The number of hydrogen-bond acceptors (Lipinski definition) is 5. The number of carbonyl (C=O) groups excluding carboxylic acids is 2. The van der Waals surface area contributed by atoms with Crippen LogP contribution in [0.2, 0.25) is 0 Å². The van der Waals surface area contributed by atoms with Crippen LogP contribution in [0.15, 0.2) is 18.7 Å². The summed E-state index contributed by atoms with van der Waals surface area (Å²) < 4.78 is 0. The number of rotatable bonds is 4. The zero-order chi connectivity index (χ0) is 23.0. The molecule has 1 aromatic rings. The van der Waals surface area contributed by atoms with Crippen molar-refractivity contribution in [3.63, 3.8) is 0 Å². The van der Waals surface area contributed by atoms with E-state index in [-0.39, 0.29) is 52.5 Å². The second kappa shape index (κ2) is 8.85. The quantitative estimate of drug-likeness (QED) is 0.681. The molecule has 2 saturated carbocycles. The Hall–Kier alpha value is -2.02. The molecule has 0 radical (unpaired) electrons. The van der Waals surface area contributed by atoms with Gasteiger partial charge in [-0.15, -0.1) is 0 Å². The number of fused-ring (bicyclic) bond motifs is 1. The number of aliphatic hydroxyl groups is 1. The SMILES string of the molecule is C[C@H]1[C@@H]2[C@@H](O)[C@H]([C@H](C)C(=O)NC(C)(C)C)CC[C@@]2(C)CC[C@@H]1NC(=O)c1cncnc1. The van der Waals surface area contributed by atoms with Crippen molar-refractivity contribution in [1.29, 1.82) is 0 Å². The summed E-state index contributed by atoms with van der Waals surface area (Å²) in [6.07, 6.45) is 7.52. The first-order valence-electron chi connectivity index (χ1n) is 11.5. The fourth-order valence-corrected chi connectivity index (χ4v) is 5.84. The van der Waals surface area contributed by atoms with Gasteiger partial charge in [-0.05, 0) is 69.6 Å². The van der Waals surface area contributed by atoms with E-state index < -0.39 is 6.10 Å². The van der Waals surface area contributed by atoms with Gasteiger partial charge in [0.25, 0.3) is 5.91 Å². The molecular weight excluding hydrogens is 392 g/mol. The van der Waals surface area contributed by atoms with E-state index in [1.807, 2.05) is 27.7 Å². The lowest BCUT2D eigenvalue weighted by atomic mass is 9.51. The molecule has 172 valence electrons. The Bertz CT molecular complexity index is 794. The van der Waals surface area contributed by atoms with Crippen molar-refractivity contribution < 1.29 is 14.7 Å². The molecule has 1 aromatic heterocycles. The van der Waals surface area contributed by atoms with Crippen LogP contribution >= 0.6 is 0 Å². The molecule has 0 bridgehead atoms. The number of nitrogens with one attached hydrogen (secondary N) is 2. The number of aromatic nitrogens is 2. The van der Waals surface area contributed by atoms with Crippen LogP contribution in [0, 0.1) is 29.1 Å². The third kappa shape index (κ3) is 5.08. The average molecular weight is 431 g/mol. The van der Waals surface area contributed by atoms with Gasteiger partial charge < -0.3 is 15.7 Å². The third-order valence-corrected chi connectivity index (χ3v) is 7.58. The summed E-state index contributed by atoms with van der Waals surface area (Å²) in [6, 6.07) is -0.0297. The van der Waals surface area contributed by atoms with Gasteiger partial charge in [0.15, 0.2) is 0 Å². The Morgan fingerprint density at radius 1 is 1.19 bits per heavy atom. The maximum Gasteiger partial charge on any atom is 0.254 e. The first kappa shape index (κ1) is 23.6. The molecule has 0 saturated heterocycles. The average Bonchev–Trinajstić information content (AvgIpc) is 2.69. The fraction of sp³-hybridized carbons (Fsp3) is 0.750. The second-order valence-corrected chi connectivity index (χ2v) is 11.0. The molecule has 31 heavy (non-hydrogen) atoms. The fourth-order valence-electron chi connectivity index (χ4n) is 5.84. The largest absolute Gasteiger partial charge is 0.392 e. The topological polar surface area (TPSA) is 104 Å². The van der Waals surface area contributed by atoms with Crippen molar-refractivity contribution in [3.05, 3.63) is 24.3 Å². The lowest BCUT2D eigenvalue weighted by Crippen LogP contribution is -2.59. The first-order valence-corrected chi connectivity index (χ1v) is 11.5.